The number of benzene rings is 1. The Morgan fingerprint density at radius 3 is 2.83 bits per heavy atom. The molecule has 0 bridgehead atoms. The van der Waals surface area contributed by atoms with Crippen LogP contribution in [0.15, 0.2) is 29.2 Å². The zero-order chi connectivity index (χ0) is 17.3. The first kappa shape index (κ1) is 16.1. The molecule has 0 aliphatic heterocycles. The molecular formula is C18H21N3O3. The third kappa shape index (κ3) is 3.13. The number of aromatic amines is 2. The summed E-state index contributed by atoms with van der Waals surface area (Å²) in [6, 6.07) is 5.15. The summed E-state index contributed by atoms with van der Waals surface area (Å²) in [4.78, 5) is 22.7. The number of aromatic nitrogens is 3. The molecule has 0 radical (unpaired) electrons. The zero-order valence-corrected chi connectivity index (χ0v) is 14.0. The second kappa shape index (κ2) is 6.39. The van der Waals surface area contributed by atoms with Crippen molar-refractivity contribution in [2.75, 3.05) is 7.11 Å². The van der Waals surface area contributed by atoms with E-state index in [1.165, 1.54) is 0 Å². The van der Waals surface area contributed by atoms with Crippen molar-refractivity contribution in [1.29, 1.82) is 0 Å². The van der Waals surface area contributed by atoms with E-state index in [1.807, 2.05) is 26.1 Å². The van der Waals surface area contributed by atoms with Crippen molar-refractivity contribution in [3.63, 3.8) is 0 Å². The summed E-state index contributed by atoms with van der Waals surface area (Å²) in [6.45, 7) is 4.08. The van der Waals surface area contributed by atoms with Gasteiger partial charge in [-0.1, -0.05) is 13.8 Å². The average Bonchev–Trinajstić information content (AvgIpc) is 2.92. The number of nitrogens with one attached hydrogen (secondary N) is 2. The quantitative estimate of drug-likeness (QED) is 0.672. The second-order valence-electron chi connectivity index (χ2n) is 6.32. The number of methoxy groups -OCH3 is 1. The van der Waals surface area contributed by atoms with Crippen LogP contribution in [0.3, 0.4) is 0 Å². The van der Waals surface area contributed by atoms with Gasteiger partial charge in [-0.15, -0.1) is 0 Å². The fourth-order valence-electron chi connectivity index (χ4n) is 2.82. The monoisotopic (exact) mass is 327 g/mol. The lowest BCUT2D eigenvalue weighted by molar-refractivity contribution is 0.386. The van der Waals surface area contributed by atoms with Crippen molar-refractivity contribution in [3.05, 3.63) is 51.7 Å². The van der Waals surface area contributed by atoms with Crippen LogP contribution < -0.4 is 10.3 Å². The maximum Gasteiger partial charge on any atom is 0.270 e. The number of hydrogen-bond donors (Lipinski definition) is 3. The fraction of sp³-hybridized carbons (Fsp3) is 0.333. The van der Waals surface area contributed by atoms with E-state index in [9.17, 15) is 9.90 Å². The summed E-state index contributed by atoms with van der Waals surface area (Å²) >= 11 is 0. The normalized spacial score (nSPS) is 11.3. The number of phenols is 1. The van der Waals surface area contributed by atoms with E-state index in [4.69, 9.17) is 4.74 Å². The van der Waals surface area contributed by atoms with E-state index in [0.29, 0.717) is 36.0 Å². The number of H-pyrrole nitrogens is 2. The molecule has 0 amide bonds. The molecule has 0 aliphatic carbocycles. The summed E-state index contributed by atoms with van der Waals surface area (Å²) in [6.07, 6.45) is 2.92. The van der Waals surface area contributed by atoms with Gasteiger partial charge in [0.25, 0.3) is 5.56 Å². The van der Waals surface area contributed by atoms with Crippen LogP contribution >= 0.6 is 0 Å². The van der Waals surface area contributed by atoms with E-state index >= 15 is 0 Å². The van der Waals surface area contributed by atoms with Crippen molar-refractivity contribution in [2.45, 2.75) is 26.7 Å². The van der Waals surface area contributed by atoms with Crippen molar-refractivity contribution < 1.29 is 9.84 Å². The predicted octanol–water partition coefficient (Wildman–Crippen LogP) is 2.75. The fourth-order valence-corrected chi connectivity index (χ4v) is 2.82. The van der Waals surface area contributed by atoms with Gasteiger partial charge in [-0.2, -0.15) is 0 Å². The van der Waals surface area contributed by atoms with Crippen molar-refractivity contribution in [1.82, 2.24) is 15.0 Å². The van der Waals surface area contributed by atoms with Crippen LogP contribution in [0.25, 0.3) is 10.9 Å². The Hall–Kier alpha value is -2.76. The molecule has 2 heterocycles. The minimum absolute atomic E-state index is 0.179. The largest absolute Gasteiger partial charge is 0.508 e. The maximum absolute atomic E-state index is 12.3. The van der Waals surface area contributed by atoms with Crippen LogP contribution in [0.5, 0.6) is 11.6 Å². The summed E-state index contributed by atoms with van der Waals surface area (Å²) in [5.41, 5.74) is 2.81. The van der Waals surface area contributed by atoms with Crippen LogP contribution in [-0.2, 0) is 12.8 Å². The van der Waals surface area contributed by atoms with E-state index in [-0.39, 0.29) is 11.3 Å². The number of aromatic hydroxyl groups is 1. The molecule has 0 atom stereocenters. The number of hydrogen-bond acceptors (Lipinski definition) is 4. The summed E-state index contributed by atoms with van der Waals surface area (Å²) in [5.74, 6) is 0.972. The lowest BCUT2D eigenvalue weighted by atomic mass is 10.1. The van der Waals surface area contributed by atoms with Gasteiger partial charge in [0, 0.05) is 23.5 Å². The van der Waals surface area contributed by atoms with E-state index < -0.39 is 0 Å². The first-order valence-corrected chi connectivity index (χ1v) is 7.93. The molecule has 2 aromatic heterocycles. The molecule has 0 unspecified atom stereocenters. The highest BCUT2D eigenvalue weighted by Gasteiger charge is 2.15. The Kier molecular flexibility index (Phi) is 4.29. The number of fused-ring (bicyclic) bond motifs is 1. The van der Waals surface area contributed by atoms with Gasteiger partial charge >= 0.3 is 0 Å². The maximum atomic E-state index is 12.3. The number of phenolic OH excluding ortho intramolecular Hbond substituents is 1. The first-order chi connectivity index (χ1) is 11.5. The topological polar surface area (TPSA) is 91.0 Å². The molecule has 0 spiro atoms. The summed E-state index contributed by atoms with van der Waals surface area (Å²) in [7, 11) is 1.55. The molecular weight excluding hydrogens is 306 g/mol. The Bertz CT molecular complexity index is 925. The first-order valence-electron chi connectivity index (χ1n) is 7.93. The molecule has 3 N–H and O–H groups in total. The Morgan fingerprint density at radius 1 is 1.33 bits per heavy atom. The van der Waals surface area contributed by atoms with Gasteiger partial charge in [0.1, 0.15) is 11.4 Å². The average molecular weight is 327 g/mol. The van der Waals surface area contributed by atoms with Crippen molar-refractivity contribution >= 4 is 10.9 Å². The van der Waals surface area contributed by atoms with Crippen molar-refractivity contribution in [2.24, 2.45) is 5.92 Å². The van der Waals surface area contributed by atoms with Gasteiger partial charge in [-0.3, -0.25) is 4.79 Å². The van der Waals surface area contributed by atoms with Crippen molar-refractivity contribution in [3.8, 4) is 11.6 Å². The lowest BCUT2D eigenvalue weighted by Gasteiger charge is -2.10. The molecule has 6 nitrogen and oxygen atoms in total. The highest BCUT2D eigenvalue weighted by atomic mass is 16.5. The molecule has 24 heavy (non-hydrogen) atoms. The molecule has 3 aromatic rings. The molecule has 0 fully saturated rings. The SMILES string of the molecule is COc1nc(CC(C)C)c(=O)[nH]c1Cc1c[nH]c2ccc(O)cc12. The minimum Gasteiger partial charge on any atom is -0.508 e. The Labute approximate surface area is 139 Å². The van der Waals surface area contributed by atoms with E-state index in [2.05, 4.69) is 15.0 Å². The smallest absolute Gasteiger partial charge is 0.270 e. The minimum atomic E-state index is -0.179. The van der Waals surface area contributed by atoms with Gasteiger partial charge in [0.15, 0.2) is 0 Å². The van der Waals surface area contributed by atoms with Gasteiger partial charge < -0.3 is 19.8 Å². The van der Waals surface area contributed by atoms with Crippen LogP contribution in [0.2, 0.25) is 0 Å². The Morgan fingerprint density at radius 2 is 2.12 bits per heavy atom. The molecule has 0 saturated heterocycles. The van der Waals surface area contributed by atoms with Gasteiger partial charge in [-0.05, 0) is 36.1 Å². The van der Waals surface area contributed by atoms with Gasteiger partial charge in [0.2, 0.25) is 5.88 Å². The van der Waals surface area contributed by atoms with Crippen LogP contribution in [0.1, 0.15) is 30.8 Å². The molecule has 3 rings (SSSR count). The molecule has 0 aliphatic rings. The number of rotatable bonds is 5. The van der Waals surface area contributed by atoms with Gasteiger partial charge in [0.05, 0.1) is 12.8 Å². The third-order valence-electron chi connectivity index (χ3n) is 3.93. The predicted molar refractivity (Wildman–Crippen MR) is 92.7 cm³/mol. The van der Waals surface area contributed by atoms with Gasteiger partial charge in [-0.25, -0.2) is 4.98 Å². The standard InChI is InChI=1S/C18H21N3O3/c1-10(2)6-15-17(23)20-16(18(21-15)24-3)7-11-9-19-14-5-4-12(22)8-13(11)14/h4-5,8-10,19,22H,6-7H2,1-3H3,(H,20,23). The number of ether oxygens (including phenoxy) is 1. The van der Waals surface area contributed by atoms with E-state index in [1.54, 1.807) is 19.2 Å². The van der Waals surface area contributed by atoms with E-state index in [0.717, 1.165) is 16.5 Å². The van der Waals surface area contributed by atoms with Crippen LogP contribution in [-0.4, -0.2) is 27.2 Å². The highest BCUT2D eigenvalue weighted by Crippen LogP contribution is 2.26. The molecule has 6 heteroatoms. The summed E-state index contributed by atoms with van der Waals surface area (Å²) in [5, 5.41) is 10.6. The molecule has 1 aromatic carbocycles. The zero-order valence-electron chi connectivity index (χ0n) is 14.0. The number of nitrogens with zero attached hydrogens (tertiary/aromatic N) is 1. The molecule has 126 valence electrons. The molecule has 0 saturated carbocycles. The van der Waals surface area contributed by atoms with Crippen LogP contribution in [0.4, 0.5) is 0 Å². The highest BCUT2D eigenvalue weighted by molar-refractivity contribution is 5.84. The van der Waals surface area contributed by atoms with Crippen LogP contribution in [0, 0.1) is 5.92 Å². The third-order valence-corrected chi connectivity index (χ3v) is 3.93. The lowest BCUT2D eigenvalue weighted by Crippen LogP contribution is -2.20. The Balaban J connectivity index is 2.01. The second-order valence-corrected chi connectivity index (χ2v) is 6.32. The summed E-state index contributed by atoms with van der Waals surface area (Å²) < 4.78 is 5.37.